The van der Waals surface area contributed by atoms with Gasteiger partial charge in [0, 0.05) is 19.0 Å². The van der Waals surface area contributed by atoms with Gasteiger partial charge >= 0.3 is 0 Å². The van der Waals surface area contributed by atoms with E-state index >= 15 is 0 Å². The quantitative estimate of drug-likeness (QED) is 0.827. The first-order chi connectivity index (χ1) is 12.3. The summed E-state index contributed by atoms with van der Waals surface area (Å²) in [5.41, 5.74) is 1.08. The molecule has 0 saturated carbocycles. The molecule has 138 valence electrons. The molecule has 1 amide bonds. The average Bonchev–Trinajstić information content (AvgIpc) is 2.55. The van der Waals surface area contributed by atoms with Crippen molar-refractivity contribution in [1.82, 2.24) is 5.32 Å². The topological polar surface area (TPSA) is 58.6 Å². The molecule has 1 aliphatic heterocycles. The van der Waals surface area contributed by atoms with Crippen LogP contribution in [0.2, 0.25) is 5.02 Å². The third kappa shape index (κ3) is 4.31. The number of hydrogen-bond donors (Lipinski definition) is 2. The lowest BCUT2D eigenvalue weighted by Crippen LogP contribution is -2.39. The van der Waals surface area contributed by atoms with Gasteiger partial charge in [0.25, 0.3) is 0 Å². The number of carbonyl (C=O) groups excluding carboxylic acids is 1. The summed E-state index contributed by atoms with van der Waals surface area (Å²) in [7, 11) is 0. The third-order valence-corrected chi connectivity index (χ3v) is 4.64. The summed E-state index contributed by atoms with van der Waals surface area (Å²) in [6, 6.07) is 7.74. The van der Waals surface area contributed by atoms with Crippen molar-refractivity contribution in [2.45, 2.75) is 38.0 Å². The maximum Gasteiger partial charge on any atom is 0.217 e. The average molecular weight is 382 g/mol. The van der Waals surface area contributed by atoms with Gasteiger partial charge in [-0.3, -0.25) is 4.79 Å². The van der Waals surface area contributed by atoms with E-state index in [-0.39, 0.29) is 22.7 Å². The molecule has 7 heteroatoms. The molecule has 0 bridgehead atoms. The van der Waals surface area contributed by atoms with Gasteiger partial charge in [-0.15, -0.1) is 0 Å². The van der Waals surface area contributed by atoms with Crippen LogP contribution in [-0.4, -0.2) is 17.1 Å². The molecule has 2 N–H and O–H groups in total. The molecule has 1 fully saturated rings. The highest BCUT2D eigenvalue weighted by Crippen LogP contribution is 2.40. The highest BCUT2D eigenvalue weighted by Gasteiger charge is 2.32. The first-order valence-corrected chi connectivity index (χ1v) is 8.56. The van der Waals surface area contributed by atoms with E-state index in [9.17, 15) is 18.7 Å². The van der Waals surface area contributed by atoms with Gasteiger partial charge in [0.15, 0.2) is 0 Å². The first kappa shape index (κ1) is 18.6. The number of halogens is 3. The van der Waals surface area contributed by atoms with Crippen molar-refractivity contribution in [3.63, 3.8) is 0 Å². The fourth-order valence-electron chi connectivity index (χ4n) is 3.24. The lowest BCUT2D eigenvalue weighted by atomic mass is 9.91. The number of amides is 1. The number of rotatable bonds is 3. The molecular weight excluding hydrogens is 364 g/mol. The maximum absolute atomic E-state index is 13.6. The summed E-state index contributed by atoms with van der Waals surface area (Å²) in [6.07, 6.45) is -0.168. The fraction of sp³-hybridized carbons (Fsp3) is 0.316. The number of ether oxygens (including phenoxy) is 1. The zero-order valence-corrected chi connectivity index (χ0v) is 14.8. The van der Waals surface area contributed by atoms with Gasteiger partial charge in [-0.25, -0.2) is 8.78 Å². The van der Waals surface area contributed by atoms with E-state index in [4.69, 9.17) is 16.3 Å². The normalized spacial score (nSPS) is 22.8. The molecule has 2 aromatic rings. The van der Waals surface area contributed by atoms with Crippen LogP contribution in [0.4, 0.5) is 8.78 Å². The van der Waals surface area contributed by atoms with Crippen LogP contribution < -0.4 is 5.32 Å². The second kappa shape index (κ2) is 7.60. The van der Waals surface area contributed by atoms with Gasteiger partial charge in [-0.1, -0.05) is 17.7 Å². The van der Waals surface area contributed by atoms with Crippen LogP contribution >= 0.6 is 11.6 Å². The smallest absolute Gasteiger partial charge is 0.217 e. The summed E-state index contributed by atoms with van der Waals surface area (Å²) in [6.45, 7) is 1.42. The van der Waals surface area contributed by atoms with Gasteiger partial charge in [0.2, 0.25) is 5.91 Å². The third-order valence-electron chi connectivity index (χ3n) is 4.33. The molecule has 0 unspecified atom stereocenters. The molecule has 3 atom stereocenters. The molecule has 26 heavy (non-hydrogen) atoms. The molecule has 0 aliphatic carbocycles. The number of carbonyl (C=O) groups is 1. The fourth-order valence-corrected chi connectivity index (χ4v) is 3.43. The van der Waals surface area contributed by atoms with Crippen molar-refractivity contribution in [1.29, 1.82) is 0 Å². The lowest BCUT2D eigenvalue weighted by molar-refractivity contribution is -0.122. The van der Waals surface area contributed by atoms with Crippen LogP contribution in [0.5, 0.6) is 5.75 Å². The number of nitrogens with one attached hydrogen (secondary N) is 1. The van der Waals surface area contributed by atoms with Gasteiger partial charge in [0.1, 0.15) is 17.4 Å². The number of aromatic hydroxyl groups is 1. The Bertz CT molecular complexity index is 810. The summed E-state index contributed by atoms with van der Waals surface area (Å²) < 4.78 is 33.2. The maximum atomic E-state index is 13.6. The Kier molecular flexibility index (Phi) is 5.44. The zero-order valence-electron chi connectivity index (χ0n) is 14.0. The van der Waals surface area contributed by atoms with Gasteiger partial charge in [0.05, 0.1) is 17.2 Å². The monoisotopic (exact) mass is 381 g/mol. The molecule has 1 aliphatic rings. The number of phenolic OH excluding ortho intramolecular Hbond substituents is 1. The summed E-state index contributed by atoms with van der Waals surface area (Å²) in [5, 5.41) is 12.6. The Morgan fingerprint density at radius 1 is 1.12 bits per heavy atom. The highest BCUT2D eigenvalue weighted by molar-refractivity contribution is 6.32. The van der Waals surface area contributed by atoms with Gasteiger partial charge < -0.3 is 15.2 Å². The SMILES string of the molecule is CC(=O)N[C@H]1C[C@@H](c2cc(F)cc(F)c2)O[C@@H](c2ccc(O)c(Cl)c2)C1. The molecule has 1 saturated heterocycles. The Morgan fingerprint density at radius 2 is 1.73 bits per heavy atom. The molecule has 0 aromatic heterocycles. The van der Waals surface area contributed by atoms with Crippen molar-refractivity contribution < 1.29 is 23.4 Å². The second-order valence-electron chi connectivity index (χ2n) is 6.40. The summed E-state index contributed by atoms with van der Waals surface area (Å²) >= 11 is 5.97. The second-order valence-corrected chi connectivity index (χ2v) is 6.80. The summed E-state index contributed by atoms with van der Waals surface area (Å²) in [4.78, 5) is 11.5. The zero-order chi connectivity index (χ0) is 18.8. The Labute approximate surface area is 154 Å². The van der Waals surface area contributed by atoms with E-state index < -0.39 is 23.8 Å². The number of phenols is 1. The molecule has 4 nitrogen and oxygen atoms in total. The minimum atomic E-state index is -0.686. The van der Waals surface area contributed by atoms with E-state index in [1.54, 1.807) is 12.1 Å². The highest BCUT2D eigenvalue weighted by atomic mass is 35.5. The largest absolute Gasteiger partial charge is 0.506 e. The molecule has 0 radical (unpaired) electrons. The number of benzene rings is 2. The van der Waals surface area contributed by atoms with Crippen LogP contribution in [0.15, 0.2) is 36.4 Å². The molecule has 3 rings (SSSR count). The van der Waals surface area contributed by atoms with Crippen molar-refractivity contribution in [3.8, 4) is 5.75 Å². The van der Waals surface area contributed by atoms with Crippen molar-refractivity contribution in [2.75, 3.05) is 0 Å². The molecule has 1 heterocycles. The Balaban J connectivity index is 1.91. The van der Waals surface area contributed by atoms with Crippen LogP contribution in [0.3, 0.4) is 0 Å². The predicted molar refractivity (Wildman–Crippen MR) is 92.9 cm³/mol. The van der Waals surface area contributed by atoms with E-state index in [0.717, 1.165) is 6.07 Å². The molecule has 2 aromatic carbocycles. The van der Waals surface area contributed by atoms with Crippen LogP contribution in [0.25, 0.3) is 0 Å². The van der Waals surface area contributed by atoms with Crippen molar-refractivity contribution >= 4 is 17.5 Å². The molecular formula is C19H18ClF2NO3. The van der Waals surface area contributed by atoms with Crippen LogP contribution in [0, 0.1) is 11.6 Å². The molecule has 0 spiro atoms. The van der Waals surface area contributed by atoms with Crippen molar-refractivity contribution in [2.24, 2.45) is 0 Å². The van der Waals surface area contributed by atoms with E-state index in [1.807, 2.05) is 0 Å². The minimum Gasteiger partial charge on any atom is -0.506 e. The lowest BCUT2D eigenvalue weighted by Gasteiger charge is -2.36. The Morgan fingerprint density at radius 3 is 2.31 bits per heavy atom. The van der Waals surface area contributed by atoms with Gasteiger partial charge in [-0.2, -0.15) is 0 Å². The first-order valence-electron chi connectivity index (χ1n) is 8.19. The van der Waals surface area contributed by atoms with Gasteiger partial charge in [-0.05, 0) is 48.2 Å². The van der Waals surface area contributed by atoms with E-state index in [0.29, 0.717) is 24.0 Å². The number of hydrogen-bond acceptors (Lipinski definition) is 3. The van der Waals surface area contributed by atoms with Crippen LogP contribution in [0.1, 0.15) is 43.1 Å². The standard InChI is InChI=1S/C19H18ClF2NO3/c1-10(24)23-15-8-18(11-2-3-17(25)16(20)6-11)26-19(9-15)12-4-13(21)7-14(22)5-12/h2-7,15,18-19,25H,8-9H2,1H3,(H,23,24)/t15-,18-,19+/m1/s1. The summed E-state index contributed by atoms with van der Waals surface area (Å²) in [5.74, 6) is -1.61. The van der Waals surface area contributed by atoms with Crippen molar-refractivity contribution in [3.05, 3.63) is 64.2 Å². The minimum absolute atomic E-state index is 0.0478. The predicted octanol–water partition coefficient (Wildman–Crippen LogP) is 4.42. The van der Waals surface area contributed by atoms with E-state index in [2.05, 4.69) is 5.32 Å². The van der Waals surface area contributed by atoms with Crippen LogP contribution in [-0.2, 0) is 9.53 Å². The Hall–Kier alpha value is -2.18. The van der Waals surface area contributed by atoms with E-state index in [1.165, 1.54) is 25.1 Å².